The van der Waals surface area contributed by atoms with Crippen molar-refractivity contribution in [3.8, 4) is 22.8 Å². The number of amides is 2. The van der Waals surface area contributed by atoms with Gasteiger partial charge in [-0.25, -0.2) is 4.98 Å². The molecule has 28 heavy (non-hydrogen) atoms. The molecule has 2 amide bonds. The lowest BCUT2D eigenvalue weighted by molar-refractivity contribution is -0.118. The van der Waals surface area contributed by atoms with Crippen LogP contribution in [-0.2, 0) is 16.0 Å². The van der Waals surface area contributed by atoms with Crippen molar-refractivity contribution in [1.29, 1.82) is 0 Å². The van der Waals surface area contributed by atoms with E-state index in [4.69, 9.17) is 9.47 Å². The van der Waals surface area contributed by atoms with Gasteiger partial charge in [-0.1, -0.05) is 6.07 Å². The summed E-state index contributed by atoms with van der Waals surface area (Å²) in [6.07, 6.45) is 0.375. The van der Waals surface area contributed by atoms with Gasteiger partial charge in [0.25, 0.3) is 5.91 Å². The first-order valence-electron chi connectivity index (χ1n) is 8.56. The van der Waals surface area contributed by atoms with Crippen LogP contribution in [0.2, 0.25) is 0 Å². The molecule has 0 spiro atoms. The number of nitrogens with one attached hydrogen (secondary N) is 2. The Bertz CT molecular complexity index is 1030. The normalized spacial score (nSPS) is 12.2. The molecule has 8 heteroatoms. The summed E-state index contributed by atoms with van der Waals surface area (Å²) in [4.78, 5) is 28.0. The van der Waals surface area contributed by atoms with E-state index in [9.17, 15) is 9.59 Å². The summed E-state index contributed by atoms with van der Waals surface area (Å²) < 4.78 is 10.5. The van der Waals surface area contributed by atoms with Gasteiger partial charge in [-0.3, -0.25) is 14.9 Å². The fourth-order valence-electron chi connectivity index (χ4n) is 2.83. The summed E-state index contributed by atoms with van der Waals surface area (Å²) >= 11 is 1.34. The zero-order valence-corrected chi connectivity index (χ0v) is 15.8. The molecule has 0 aliphatic carbocycles. The molecule has 0 radical (unpaired) electrons. The maximum absolute atomic E-state index is 12.1. The summed E-state index contributed by atoms with van der Waals surface area (Å²) in [5.41, 5.74) is 3.45. The van der Waals surface area contributed by atoms with Crippen LogP contribution >= 0.6 is 11.3 Å². The minimum Gasteiger partial charge on any atom is -0.497 e. The van der Waals surface area contributed by atoms with Crippen molar-refractivity contribution < 1.29 is 19.1 Å². The number of carbonyl (C=O) groups excluding carboxylic acids is 2. The Kier molecular flexibility index (Phi) is 4.94. The quantitative estimate of drug-likeness (QED) is 0.668. The van der Waals surface area contributed by atoms with E-state index in [1.165, 1.54) is 11.3 Å². The number of hydrogen-bond acceptors (Lipinski definition) is 6. The van der Waals surface area contributed by atoms with Crippen LogP contribution in [0.5, 0.6) is 11.5 Å². The summed E-state index contributed by atoms with van der Waals surface area (Å²) in [6, 6.07) is 12.7. The lowest BCUT2D eigenvalue weighted by atomic mass is 10.1. The number of hydrogen-bond donors (Lipinski definition) is 2. The van der Waals surface area contributed by atoms with E-state index >= 15 is 0 Å². The molecule has 1 aromatic heterocycles. The molecule has 0 bridgehead atoms. The smallest absolute Gasteiger partial charge is 0.264 e. The number of ether oxygens (including phenoxy) is 2. The van der Waals surface area contributed by atoms with Gasteiger partial charge in [0, 0.05) is 16.6 Å². The van der Waals surface area contributed by atoms with E-state index in [-0.39, 0.29) is 18.4 Å². The second-order valence-electron chi connectivity index (χ2n) is 6.15. The van der Waals surface area contributed by atoms with Crippen LogP contribution in [0.3, 0.4) is 0 Å². The number of fused-ring (bicyclic) bond motifs is 1. The number of nitrogens with zero attached hydrogens (tertiary/aromatic N) is 1. The Hall–Kier alpha value is -3.39. The highest BCUT2D eigenvalue weighted by Crippen LogP contribution is 2.30. The molecular weight excluding hydrogens is 378 g/mol. The zero-order chi connectivity index (χ0) is 19.5. The van der Waals surface area contributed by atoms with Crippen LogP contribution in [0.4, 0.5) is 10.8 Å². The molecule has 2 heterocycles. The average molecular weight is 395 g/mol. The van der Waals surface area contributed by atoms with Gasteiger partial charge in [-0.2, -0.15) is 0 Å². The van der Waals surface area contributed by atoms with Crippen LogP contribution in [0.15, 0.2) is 47.8 Å². The van der Waals surface area contributed by atoms with Crippen LogP contribution in [-0.4, -0.2) is 30.5 Å². The van der Waals surface area contributed by atoms with Crippen molar-refractivity contribution in [3.05, 3.63) is 53.4 Å². The minimum absolute atomic E-state index is 0.00441. The second-order valence-corrected chi connectivity index (χ2v) is 7.01. The van der Waals surface area contributed by atoms with E-state index in [1.54, 1.807) is 31.4 Å². The first kappa shape index (κ1) is 18.0. The predicted octanol–water partition coefficient (Wildman–Crippen LogP) is 3.33. The summed E-state index contributed by atoms with van der Waals surface area (Å²) in [5, 5.41) is 7.90. The number of aromatic nitrogens is 1. The molecular formula is C20H17N3O4S. The summed E-state index contributed by atoms with van der Waals surface area (Å²) in [7, 11) is 1.59. The maximum atomic E-state index is 12.1. The van der Waals surface area contributed by atoms with Gasteiger partial charge < -0.3 is 14.8 Å². The molecule has 7 nitrogen and oxygen atoms in total. The Balaban J connectivity index is 1.36. The van der Waals surface area contributed by atoms with Gasteiger partial charge in [0.2, 0.25) is 5.91 Å². The lowest BCUT2D eigenvalue weighted by Crippen LogP contribution is -2.20. The van der Waals surface area contributed by atoms with Crippen molar-refractivity contribution in [3.63, 3.8) is 0 Å². The molecule has 2 aromatic carbocycles. The SMILES string of the molecule is COc1ccc(OCC(=O)Nc2nc(-c3ccc4c(c3)CC(=O)N4)cs2)cc1. The number of rotatable bonds is 6. The monoisotopic (exact) mass is 395 g/mol. The van der Waals surface area contributed by atoms with Crippen molar-refractivity contribution in [2.45, 2.75) is 6.42 Å². The van der Waals surface area contributed by atoms with E-state index in [1.807, 2.05) is 23.6 Å². The summed E-state index contributed by atoms with van der Waals surface area (Å²) in [5.74, 6) is 1.01. The largest absolute Gasteiger partial charge is 0.497 e. The van der Waals surface area contributed by atoms with Crippen LogP contribution < -0.4 is 20.1 Å². The van der Waals surface area contributed by atoms with Gasteiger partial charge in [0.15, 0.2) is 11.7 Å². The van der Waals surface area contributed by atoms with E-state index < -0.39 is 0 Å². The van der Waals surface area contributed by atoms with Crippen LogP contribution in [0.25, 0.3) is 11.3 Å². The van der Waals surface area contributed by atoms with E-state index in [2.05, 4.69) is 15.6 Å². The minimum atomic E-state index is -0.291. The molecule has 1 aliphatic rings. The molecule has 0 unspecified atom stereocenters. The molecule has 4 rings (SSSR count). The lowest BCUT2D eigenvalue weighted by Gasteiger charge is -2.06. The Morgan fingerprint density at radius 2 is 2.00 bits per heavy atom. The maximum Gasteiger partial charge on any atom is 0.264 e. The van der Waals surface area contributed by atoms with E-state index in [0.717, 1.165) is 28.3 Å². The molecule has 0 fully saturated rings. The third-order valence-corrected chi connectivity index (χ3v) is 4.96. The molecule has 0 atom stereocenters. The van der Waals surface area contributed by atoms with Crippen LogP contribution in [0, 0.1) is 0 Å². The highest BCUT2D eigenvalue weighted by molar-refractivity contribution is 7.14. The molecule has 0 saturated heterocycles. The summed E-state index contributed by atoms with van der Waals surface area (Å²) in [6.45, 7) is -0.117. The van der Waals surface area contributed by atoms with Crippen molar-refractivity contribution in [1.82, 2.24) is 4.98 Å². The fourth-order valence-corrected chi connectivity index (χ4v) is 3.56. The van der Waals surface area contributed by atoms with Crippen LogP contribution in [0.1, 0.15) is 5.56 Å². The Labute approximate surface area is 165 Å². The van der Waals surface area contributed by atoms with Crippen molar-refractivity contribution >= 4 is 34.0 Å². The van der Waals surface area contributed by atoms with E-state index in [0.29, 0.717) is 17.3 Å². The molecule has 142 valence electrons. The zero-order valence-electron chi connectivity index (χ0n) is 15.0. The average Bonchev–Trinajstić information content (AvgIpc) is 3.31. The van der Waals surface area contributed by atoms with Gasteiger partial charge in [0.1, 0.15) is 11.5 Å². The van der Waals surface area contributed by atoms with Gasteiger partial charge in [-0.15, -0.1) is 11.3 Å². The highest BCUT2D eigenvalue weighted by Gasteiger charge is 2.18. The predicted molar refractivity (Wildman–Crippen MR) is 107 cm³/mol. The Morgan fingerprint density at radius 1 is 1.21 bits per heavy atom. The highest BCUT2D eigenvalue weighted by atomic mass is 32.1. The van der Waals surface area contributed by atoms with Gasteiger partial charge in [0.05, 0.1) is 19.2 Å². The fraction of sp³-hybridized carbons (Fsp3) is 0.150. The number of benzene rings is 2. The molecule has 3 aromatic rings. The molecule has 2 N–H and O–H groups in total. The van der Waals surface area contributed by atoms with Gasteiger partial charge >= 0.3 is 0 Å². The molecule has 0 saturated carbocycles. The standard InChI is InChI=1S/C20H17N3O4S/c1-26-14-3-5-15(6-4-14)27-10-19(25)23-20-22-17(11-28-20)12-2-7-16-13(8-12)9-18(24)21-16/h2-8,11H,9-10H2,1H3,(H,21,24)(H,22,23,25). The number of thiazole rings is 1. The van der Waals surface area contributed by atoms with Gasteiger partial charge in [-0.05, 0) is 42.0 Å². The topological polar surface area (TPSA) is 89.6 Å². The second kappa shape index (κ2) is 7.69. The molecule has 1 aliphatic heterocycles. The number of methoxy groups -OCH3 is 1. The first-order valence-corrected chi connectivity index (χ1v) is 9.44. The first-order chi connectivity index (χ1) is 13.6. The third kappa shape index (κ3) is 3.96. The third-order valence-electron chi connectivity index (χ3n) is 4.21. The van der Waals surface area contributed by atoms with Crippen molar-refractivity contribution in [2.75, 3.05) is 24.4 Å². The number of anilines is 2. The Morgan fingerprint density at radius 3 is 2.79 bits per heavy atom. The number of carbonyl (C=O) groups is 2. The van der Waals surface area contributed by atoms with Crippen molar-refractivity contribution in [2.24, 2.45) is 0 Å².